The van der Waals surface area contributed by atoms with E-state index in [9.17, 15) is 0 Å². The van der Waals surface area contributed by atoms with Gasteiger partial charge >= 0.3 is 0 Å². The summed E-state index contributed by atoms with van der Waals surface area (Å²) < 4.78 is 5.07. The summed E-state index contributed by atoms with van der Waals surface area (Å²) in [5.41, 5.74) is 5.25. The summed E-state index contributed by atoms with van der Waals surface area (Å²) in [6, 6.07) is 33.5. The van der Waals surface area contributed by atoms with Crippen molar-refractivity contribution in [2.75, 3.05) is 0 Å². The maximum atomic E-state index is 2.39. The van der Waals surface area contributed by atoms with Crippen LogP contribution in [0.15, 0.2) is 91.0 Å². The van der Waals surface area contributed by atoms with Gasteiger partial charge in [-0.1, -0.05) is 57.2 Å². The first kappa shape index (κ1) is 18.5. The van der Waals surface area contributed by atoms with Crippen LogP contribution in [0.25, 0.3) is 47.7 Å². The molecule has 6 aromatic rings. The molecule has 4 aromatic carbocycles. The lowest BCUT2D eigenvalue weighted by Gasteiger charge is -2.19. The SMILES string of the molecule is CC(C)(C)c1ccc2sc3cc4c5ccccc5[n+](-c5ccccc5)c4cc3cc2c1. The average Bonchev–Trinajstić information content (AvgIpc) is 3.09. The zero-order chi connectivity index (χ0) is 21.2. The lowest BCUT2D eigenvalue weighted by atomic mass is 9.86. The van der Waals surface area contributed by atoms with Crippen molar-refractivity contribution in [3.63, 3.8) is 0 Å². The van der Waals surface area contributed by atoms with E-state index < -0.39 is 0 Å². The van der Waals surface area contributed by atoms with Crippen LogP contribution in [0.5, 0.6) is 0 Å². The fraction of sp³-hybridized carbons (Fsp3) is 0.138. The second-order valence-electron chi connectivity index (χ2n) is 9.34. The van der Waals surface area contributed by atoms with Gasteiger partial charge in [0.25, 0.3) is 0 Å². The highest BCUT2D eigenvalue weighted by Gasteiger charge is 2.23. The Bertz CT molecular complexity index is 1600. The summed E-state index contributed by atoms with van der Waals surface area (Å²) in [6.07, 6.45) is 0. The molecule has 0 radical (unpaired) electrons. The Morgan fingerprint density at radius 3 is 2.16 bits per heavy atom. The molecule has 0 atom stereocenters. The van der Waals surface area contributed by atoms with E-state index in [1.165, 1.54) is 53.2 Å². The first-order valence-corrected chi connectivity index (χ1v) is 11.6. The highest BCUT2D eigenvalue weighted by Crippen LogP contribution is 2.36. The van der Waals surface area contributed by atoms with Gasteiger partial charge in [0.2, 0.25) is 16.7 Å². The van der Waals surface area contributed by atoms with Crippen LogP contribution < -0.4 is 4.57 Å². The molecule has 0 N–H and O–H groups in total. The van der Waals surface area contributed by atoms with Crippen molar-refractivity contribution < 1.29 is 4.57 Å². The summed E-state index contributed by atoms with van der Waals surface area (Å²) in [6.45, 7) is 6.83. The maximum Gasteiger partial charge on any atom is 0.220 e. The molecule has 0 fully saturated rings. The molecule has 0 aliphatic rings. The minimum atomic E-state index is 0.150. The number of nitrogens with zero attached hydrogens (tertiary/aromatic N) is 1. The molecule has 0 aliphatic heterocycles. The van der Waals surface area contributed by atoms with Gasteiger partial charge in [-0.25, -0.2) is 0 Å². The Hall–Kier alpha value is -3.23. The molecule has 0 unspecified atom stereocenters. The van der Waals surface area contributed by atoms with Crippen LogP contribution in [-0.4, -0.2) is 0 Å². The fourth-order valence-electron chi connectivity index (χ4n) is 4.57. The van der Waals surface area contributed by atoms with E-state index in [0.29, 0.717) is 0 Å². The summed E-state index contributed by atoms with van der Waals surface area (Å²) in [5.74, 6) is 0. The van der Waals surface area contributed by atoms with Crippen molar-refractivity contribution >= 4 is 53.3 Å². The van der Waals surface area contributed by atoms with Crippen LogP contribution in [0.2, 0.25) is 0 Å². The van der Waals surface area contributed by atoms with Gasteiger partial charge in [0.05, 0.1) is 10.8 Å². The second-order valence-corrected chi connectivity index (χ2v) is 10.4. The summed E-state index contributed by atoms with van der Waals surface area (Å²) >= 11 is 1.89. The number of hydrogen-bond donors (Lipinski definition) is 0. The van der Waals surface area contributed by atoms with Crippen LogP contribution >= 0.6 is 11.3 Å². The Labute approximate surface area is 186 Å². The Balaban J connectivity index is 1.71. The van der Waals surface area contributed by atoms with Gasteiger partial charge in [0.15, 0.2) is 0 Å². The van der Waals surface area contributed by atoms with E-state index in [1.54, 1.807) is 0 Å². The van der Waals surface area contributed by atoms with Crippen molar-refractivity contribution in [3.05, 3.63) is 96.6 Å². The largest absolute Gasteiger partial charge is 0.220 e. The number of para-hydroxylation sites is 2. The number of benzene rings is 4. The molecule has 150 valence electrons. The molecular weight excluding hydrogens is 394 g/mol. The third-order valence-corrected chi connectivity index (χ3v) is 7.39. The predicted molar refractivity (Wildman–Crippen MR) is 135 cm³/mol. The van der Waals surface area contributed by atoms with E-state index in [0.717, 1.165) is 0 Å². The molecule has 6 rings (SSSR count). The van der Waals surface area contributed by atoms with Gasteiger partial charge in [0.1, 0.15) is 0 Å². The van der Waals surface area contributed by atoms with Crippen LogP contribution in [-0.2, 0) is 5.41 Å². The molecule has 0 saturated heterocycles. The molecule has 0 aliphatic carbocycles. The smallest absolute Gasteiger partial charge is 0.153 e. The van der Waals surface area contributed by atoms with Crippen molar-refractivity contribution in [1.29, 1.82) is 0 Å². The number of rotatable bonds is 1. The van der Waals surface area contributed by atoms with Gasteiger partial charge in [-0.3, -0.25) is 0 Å². The Morgan fingerprint density at radius 1 is 0.613 bits per heavy atom. The molecule has 0 bridgehead atoms. The van der Waals surface area contributed by atoms with Gasteiger partial charge in [-0.05, 0) is 52.1 Å². The van der Waals surface area contributed by atoms with E-state index in [-0.39, 0.29) is 5.41 Å². The van der Waals surface area contributed by atoms with E-state index in [1.807, 2.05) is 11.3 Å². The number of aromatic nitrogens is 1. The van der Waals surface area contributed by atoms with E-state index in [4.69, 9.17) is 0 Å². The standard InChI is InChI=1S/C29H24NS/c1-29(2,3)21-13-14-27-19(16-21)15-20-17-26-24(18-28(20)31-27)23-11-7-8-12-25(23)30(26)22-9-5-4-6-10-22/h4-18H,1-3H3/q+1. The first-order valence-electron chi connectivity index (χ1n) is 10.8. The Kier molecular flexibility index (Phi) is 3.97. The minimum absolute atomic E-state index is 0.150. The second kappa shape index (κ2) is 6.63. The minimum Gasteiger partial charge on any atom is -0.153 e. The van der Waals surface area contributed by atoms with Crippen LogP contribution in [0.4, 0.5) is 0 Å². The van der Waals surface area contributed by atoms with Crippen molar-refractivity contribution in [3.8, 4) is 5.69 Å². The maximum absolute atomic E-state index is 2.39. The van der Waals surface area contributed by atoms with Crippen LogP contribution in [0.1, 0.15) is 26.3 Å². The first-order chi connectivity index (χ1) is 15.0. The monoisotopic (exact) mass is 418 g/mol. The van der Waals surface area contributed by atoms with E-state index >= 15 is 0 Å². The molecule has 1 nitrogen and oxygen atoms in total. The zero-order valence-electron chi connectivity index (χ0n) is 18.0. The third kappa shape index (κ3) is 2.94. The number of hydrogen-bond acceptors (Lipinski definition) is 1. The van der Waals surface area contributed by atoms with Crippen LogP contribution in [0.3, 0.4) is 0 Å². The van der Waals surface area contributed by atoms with Crippen molar-refractivity contribution in [1.82, 2.24) is 0 Å². The van der Waals surface area contributed by atoms with Gasteiger partial charge < -0.3 is 0 Å². The fourth-order valence-corrected chi connectivity index (χ4v) is 5.60. The lowest BCUT2D eigenvalue weighted by molar-refractivity contribution is -0.536. The average molecular weight is 419 g/mol. The normalized spacial score (nSPS) is 12.4. The quantitative estimate of drug-likeness (QED) is 0.188. The Morgan fingerprint density at radius 2 is 1.35 bits per heavy atom. The van der Waals surface area contributed by atoms with Crippen LogP contribution in [0, 0.1) is 0 Å². The highest BCUT2D eigenvalue weighted by atomic mass is 32.1. The van der Waals surface area contributed by atoms with Gasteiger partial charge in [0, 0.05) is 33.7 Å². The summed E-state index contributed by atoms with van der Waals surface area (Å²) in [5, 5.41) is 5.25. The molecule has 31 heavy (non-hydrogen) atoms. The predicted octanol–water partition coefficient (Wildman–Crippen LogP) is 7.94. The van der Waals surface area contributed by atoms with E-state index in [2.05, 4.69) is 116 Å². The highest BCUT2D eigenvalue weighted by molar-refractivity contribution is 7.24. The third-order valence-electron chi connectivity index (χ3n) is 6.23. The molecular formula is C29H24NS+. The molecule has 2 heterocycles. The molecule has 0 spiro atoms. The summed E-state index contributed by atoms with van der Waals surface area (Å²) in [4.78, 5) is 0. The zero-order valence-corrected chi connectivity index (χ0v) is 18.8. The topological polar surface area (TPSA) is 3.88 Å². The molecule has 2 aromatic heterocycles. The van der Waals surface area contributed by atoms with Gasteiger partial charge in [-0.15, -0.1) is 11.3 Å². The molecule has 2 heteroatoms. The van der Waals surface area contributed by atoms with Crippen molar-refractivity contribution in [2.45, 2.75) is 26.2 Å². The molecule has 0 saturated carbocycles. The summed E-state index contributed by atoms with van der Waals surface area (Å²) in [7, 11) is 0. The molecule has 0 amide bonds. The lowest BCUT2D eigenvalue weighted by Crippen LogP contribution is -2.29. The number of fused-ring (bicyclic) bond motifs is 5. The van der Waals surface area contributed by atoms with Crippen molar-refractivity contribution in [2.24, 2.45) is 0 Å². The van der Waals surface area contributed by atoms with Gasteiger partial charge in [-0.2, -0.15) is 4.57 Å².